The number of aryl methyl sites for hydroxylation is 3. The number of rotatable bonds is 3. The minimum absolute atomic E-state index is 0.168. The second-order valence-electron chi connectivity index (χ2n) is 7.80. The first-order valence-corrected chi connectivity index (χ1v) is 9.80. The van der Waals surface area contributed by atoms with E-state index in [2.05, 4.69) is 17.9 Å². The first-order valence-electron chi connectivity index (χ1n) is 9.80. The molecule has 146 valence electrons. The summed E-state index contributed by atoms with van der Waals surface area (Å²) in [5.74, 6) is -0.168. The lowest BCUT2D eigenvalue weighted by Crippen LogP contribution is -3.13. The van der Waals surface area contributed by atoms with Crippen molar-refractivity contribution in [3.63, 3.8) is 0 Å². The van der Waals surface area contributed by atoms with Gasteiger partial charge >= 0.3 is 5.63 Å². The monoisotopic (exact) mass is 381 g/mol. The molecule has 0 bridgehead atoms. The summed E-state index contributed by atoms with van der Waals surface area (Å²) in [6.45, 7) is 10.3. The molecule has 28 heavy (non-hydrogen) atoms. The van der Waals surface area contributed by atoms with E-state index in [9.17, 15) is 9.18 Å². The maximum absolute atomic E-state index is 14.1. The van der Waals surface area contributed by atoms with Gasteiger partial charge in [-0.05, 0) is 49.6 Å². The number of benzene rings is 2. The van der Waals surface area contributed by atoms with E-state index in [1.165, 1.54) is 11.0 Å². The molecule has 4 nitrogen and oxygen atoms in total. The quantitative estimate of drug-likeness (QED) is 0.709. The smallest absolute Gasteiger partial charge is 0.336 e. The van der Waals surface area contributed by atoms with E-state index < -0.39 is 0 Å². The fourth-order valence-electron chi connectivity index (χ4n) is 4.28. The Bertz CT molecular complexity index is 1080. The summed E-state index contributed by atoms with van der Waals surface area (Å²) >= 11 is 0. The van der Waals surface area contributed by atoms with Gasteiger partial charge in [0.25, 0.3) is 0 Å². The first-order chi connectivity index (χ1) is 13.4. The number of anilines is 1. The number of hydrogen-bond donors (Lipinski definition) is 1. The van der Waals surface area contributed by atoms with Crippen molar-refractivity contribution in [2.24, 2.45) is 0 Å². The second-order valence-corrected chi connectivity index (χ2v) is 7.80. The van der Waals surface area contributed by atoms with Crippen molar-refractivity contribution in [3.8, 4) is 0 Å². The molecule has 0 radical (unpaired) electrons. The van der Waals surface area contributed by atoms with E-state index in [4.69, 9.17) is 4.42 Å². The number of quaternary nitrogens is 1. The predicted octanol–water partition coefficient (Wildman–Crippen LogP) is 2.76. The molecule has 0 spiro atoms. The van der Waals surface area contributed by atoms with E-state index in [1.54, 1.807) is 12.1 Å². The fourth-order valence-corrected chi connectivity index (χ4v) is 4.28. The standard InChI is InChI=1S/C23H25FN2O2/c1-15-12-16(2)22-18(13-21(27)28-23(22)17(15)3)14-25-8-10-26(11-9-25)20-7-5-4-6-19(20)24/h4-7,12-13H,8-11,14H2,1-3H3/p+1. The zero-order valence-electron chi connectivity index (χ0n) is 16.6. The Balaban J connectivity index is 1.58. The van der Waals surface area contributed by atoms with Crippen LogP contribution >= 0.6 is 0 Å². The van der Waals surface area contributed by atoms with E-state index in [-0.39, 0.29) is 11.4 Å². The zero-order valence-corrected chi connectivity index (χ0v) is 16.6. The molecule has 2 aromatic carbocycles. The zero-order chi connectivity index (χ0) is 19.8. The number of nitrogens with one attached hydrogen (secondary N) is 1. The topological polar surface area (TPSA) is 37.9 Å². The molecule has 0 atom stereocenters. The van der Waals surface area contributed by atoms with Gasteiger partial charge in [0.2, 0.25) is 0 Å². The highest BCUT2D eigenvalue weighted by molar-refractivity contribution is 5.87. The van der Waals surface area contributed by atoms with Gasteiger partial charge in [0.15, 0.2) is 0 Å². The Kier molecular flexibility index (Phi) is 4.94. The Labute approximate surface area is 164 Å². The normalized spacial score (nSPS) is 15.4. The van der Waals surface area contributed by atoms with Gasteiger partial charge in [-0.15, -0.1) is 0 Å². The SMILES string of the molecule is Cc1cc(C)c2c(C[NH+]3CCN(c4ccccc4F)CC3)cc(=O)oc2c1C. The van der Waals surface area contributed by atoms with Crippen molar-refractivity contribution in [1.82, 2.24) is 0 Å². The summed E-state index contributed by atoms with van der Waals surface area (Å²) in [6, 6.07) is 10.7. The summed E-state index contributed by atoms with van der Waals surface area (Å²) in [5.41, 5.74) is 5.44. The molecule has 3 aromatic rings. The predicted molar refractivity (Wildman–Crippen MR) is 110 cm³/mol. The van der Waals surface area contributed by atoms with E-state index in [1.807, 2.05) is 26.0 Å². The molecular formula is C23H26FN2O2+. The Morgan fingerprint density at radius 3 is 2.50 bits per heavy atom. The molecule has 0 saturated carbocycles. The third-order valence-corrected chi connectivity index (χ3v) is 5.91. The van der Waals surface area contributed by atoms with E-state index in [0.29, 0.717) is 11.3 Å². The van der Waals surface area contributed by atoms with Gasteiger partial charge in [0.1, 0.15) is 17.9 Å². The number of hydrogen-bond acceptors (Lipinski definition) is 3. The highest BCUT2D eigenvalue weighted by Crippen LogP contribution is 2.27. The van der Waals surface area contributed by atoms with Gasteiger partial charge in [-0.1, -0.05) is 18.2 Å². The third kappa shape index (κ3) is 3.42. The molecule has 5 heteroatoms. The maximum atomic E-state index is 14.1. The van der Waals surface area contributed by atoms with Crippen LogP contribution in [0.25, 0.3) is 11.0 Å². The van der Waals surface area contributed by atoms with Crippen molar-refractivity contribution < 1.29 is 13.7 Å². The van der Waals surface area contributed by atoms with Gasteiger partial charge < -0.3 is 14.2 Å². The molecule has 1 fully saturated rings. The van der Waals surface area contributed by atoms with Crippen molar-refractivity contribution >= 4 is 16.7 Å². The summed E-state index contributed by atoms with van der Waals surface area (Å²) in [4.78, 5) is 15.7. The number of nitrogens with zero attached hydrogens (tertiary/aromatic N) is 1. The lowest BCUT2D eigenvalue weighted by atomic mass is 9.98. The average molecular weight is 381 g/mol. The summed E-state index contributed by atoms with van der Waals surface area (Å²) in [5, 5.41) is 1.06. The molecule has 0 unspecified atom stereocenters. The molecule has 0 amide bonds. The summed E-state index contributed by atoms with van der Waals surface area (Å²) < 4.78 is 19.6. The van der Waals surface area contributed by atoms with Crippen molar-refractivity contribution in [2.45, 2.75) is 27.3 Å². The fraction of sp³-hybridized carbons (Fsp3) is 0.348. The highest BCUT2D eigenvalue weighted by Gasteiger charge is 2.23. The van der Waals surface area contributed by atoms with Crippen molar-refractivity contribution in [1.29, 1.82) is 0 Å². The average Bonchev–Trinajstić information content (AvgIpc) is 2.67. The maximum Gasteiger partial charge on any atom is 0.336 e. The largest absolute Gasteiger partial charge is 0.422 e. The van der Waals surface area contributed by atoms with Gasteiger partial charge in [-0.2, -0.15) is 0 Å². The van der Waals surface area contributed by atoms with Crippen molar-refractivity contribution in [3.05, 3.63) is 74.9 Å². The van der Waals surface area contributed by atoms with Crippen LogP contribution in [0.4, 0.5) is 10.1 Å². The molecule has 2 heterocycles. The molecule has 1 saturated heterocycles. The summed E-state index contributed by atoms with van der Waals surface area (Å²) in [6.07, 6.45) is 0. The first kappa shape index (κ1) is 18.7. The Morgan fingerprint density at radius 2 is 1.79 bits per heavy atom. The Hall–Kier alpha value is -2.66. The molecule has 1 aliphatic rings. The lowest BCUT2D eigenvalue weighted by molar-refractivity contribution is -0.914. The molecule has 4 rings (SSSR count). The van der Waals surface area contributed by atoms with Crippen LogP contribution in [0.3, 0.4) is 0 Å². The van der Waals surface area contributed by atoms with Crippen LogP contribution in [-0.2, 0) is 6.54 Å². The Morgan fingerprint density at radius 1 is 1.07 bits per heavy atom. The summed E-state index contributed by atoms with van der Waals surface area (Å²) in [7, 11) is 0. The minimum Gasteiger partial charge on any atom is -0.422 e. The van der Waals surface area contributed by atoms with E-state index >= 15 is 0 Å². The van der Waals surface area contributed by atoms with Gasteiger partial charge in [-0.25, -0.2) is 9.18 Å². The number of para-hydroxylation sites is 1. The van der Waals surface area contributed by atoms with Gasteiger partial charge in [0, 0.05) is 17.0 Å². The second kappa shape index (κ2) is 7.40. The van der Waals surface area contributed by atoms with Crippen LogP contribution in [0, 0.1) is 26.6 Å². The minimum atomic E-state index is -0.292. The molecule has 1 aliphatic heterocycles. The van der Waals surface area contributed by atoms with E-state index in [0.717, 1.165) is 60.4 Å². The number of fused-ring (bicyclic) bond motifs is 1. The van der Waals surface area contributed by atoms with Gasteiger partial charge in [-0.3, -0.25) is 0 Å². The molecule has 1 N–H and O–H groups in total. The van der Waals surface area contributed by atoms with Crippen LogP contribution in [0.15, 0.2) is 45.6 Å². The number of piperazine rings is 1. The van der Waals surface area contributed by atoms with Crippen LogP contribution in [0.1, 0.15) is 22.3 Å². The van der Waals surface area contributed by atoms with Crippen LogP contribution < -0.4 is 15.4 Å². The van der Waals surface area contributed by atoms with Crippen LogP contribution in [-0.4, -0.2) is 26.2 Å². The highest BCUT2D eigenvalue weighted by atomic mass is 19.1. The van der Waals surface area contributed by atoms with Crippen LogP contribution in [0.5, 0.6) is 0 Å². The van der Waals surface area contributed by atoms with Gasteiger partial charge in [0.05, 0.1) is 31.9 Å². The molecule has 1 aromatic heterocycles. The molecule has 0 aliphatic carbocycles. The molecular weight excluding hydrogens is 355 g/mol. The van der Waals surface area contributed by atoms with Crippen LogP contribution in [0.2, 0.25) is 0 Å². The van der Waals surface area contributed by atoms with Crippen molar-refractivity contribution in [2.75, 3.05) is 31.1 Å². The third-order valence-electron chi connectivity index (χ3n) is 5.91. The lowest BCUT2D eigenvalue weighted by Gasteiger charge is -2.34. The number of halogens is 1.